The fourth-order valence-corrected chi connectivity index (χ4v) is 5.98. The van der Waals surface area contributed by atoms with E-state index in [0.717, 1.165) is 33.6 Å². The Labute approximate surface area is 334 Å². The highest BCUT2D eigenvalue weighted by Gasteiger charge is 2.30. The van der Waals surface area contributed by atoms with Gasteiger partial charge >= 0.3 is 0 Å². The summed E-state index contributed by atoms with van der Waals surface area (Å²) in [6, 6.07) is 24.6. The van der Waals surface area contributed by atoms with E-state index in [0.29, 0.717) is 65.9 Å². The zero-order valence-electron chi connectivity index (χ0n) is 31.1. The van der Waals surface area contributed by atoms with Crippen LogP contribution in [0.1, 0.15) is 27.8 Å². The van der Waals surface area contributed by atoms with Crippen LogP contribution >= 0.6 is 11.6 Å². The predicted molar refractivity (Wildman–Crippen MR) is 208 cm³/mol. The first-order chi connectivity index (χ1) is 27.6. The van der Waals surface area contributed by atoms with Crippen molar-refractivity contribution in [3.8, 4) is 40.2 Å². The molecule has 1 aliphatic heterocycles. The number of oxime groups is 1. The molecule has 0 spiro atoms. The second kappa shape index (κ2) is 21.2. The third-order valence-corrected chi connectivity index (χ3v) is 9.21. The monoisotopic (exact) mass is 806 g/mol. The number of hydrogen-bond acceptors (Lipinski definition) is 13. The number of aliphatic hydroxyl groups is 4. The molecule has 0 aromatic heterocycles. The second-order valence-corrected chi connectivity index (χ2v) is 13.4. The van der Waals surface area contributed by atoms with Crippen LogP contribution in [0.5, 0.6) is 23.0 Å². The molecular weight excluding hydrogens is 763 g/mol. The van der Waals surface area contributed by atoms with E-state index in [-0.39, 0.29) is 19.8 Å². The van der Waals surface area contributed by atoms with E-state index in [1.54, 1.807) is 30.3 Å². The number of carbonyl (C=O) groups excluding carboxylic acids is 1. The smallest absolute Gasteiger partial charge is 0.260 e. The quantitative estimate of drug-likeness (QED) is 0.0430. The molecule has 0 radical (unpaired) electrons. The molecule has 1 aliphatic rings. The largest absolute Gasteiger partial charge is 0.488 e. The lowest BCUT2D eigenvalue weighted by molar-refractivity contribution is -0.125. The number of ether oxygens (including phenoxy) is 4. The van der Waals surface area contributed by atoms with E-state index in [9.17, 15) is 29.8 Å². The average molecular weight is 807 g/mol. The predicted octanol–water partition coefficient (Wildman–Crippen LogP) is 3.74. The summed E-state index contributed by atoms with van der Waals surface area (Å²) in [4.78, 5) is 16.9. The molecule has 6 N–H and O–H groups in total. The molecule has 4 atom stereocenters. The van der Waals surface area contributed by atoms with E-state index in [4.69, 9.17) is 40.5 Å². The molecule has 4 aromatic carbocycles. The van der Waals surface area contributed by atoms with Gasteiger partial charge in [-0.25, -0.2) is 4.39 Å². The van der Waals surface area contributed by atoms with Crippen molar-refractivity contribution in [3.05, 3.63) is 106 Å². The molecule has 0 bridgehead atoms. The lowest BCUT2D eigenvalue weighted by atomic mass is 9.96. The maximum Gasteiger partial charge on any atom is 0.260 e. The van der Waals surface area contributed by atoms with E-state index >= 15 is 0 Å². The molecule has 0 aliphatic carbocycles. The Morgan fingerprint density at radius 2 is 1.74 bits per heavy atom. The Kier molecular flexibility index (Phi) is 15.8. The molecule has 0 fully saturated rings. The molecule has 0 unspecified atom stereocenters. The number of benzene rings is 4. The highest BCUT2D eigenvalue weighted by atomic mass is 35.5. The number of alkyl halides is 1. The minimum Gasteiger partial charge on any atom is -0.488 e. The van der Waals surface area contributed by atoms with Gasteiger partial charge in [-0.05, 0) is 65.1 Å². The summed E-state index contributed by atoms with van der Waals surface area (Å²) in [6.07, 6.45) is -7.46. The van der Waals surface area contributed by atoms with Gasteiger partial charge in [0, 0.05) is 31.3 Å². The minimum absolute atomic E-state index is 0.173. The fourth-order valence-electron chi connectivity index (χ4n) is 5.74. The topological polar surface area (TPSA) is 204 Å². The molecule has 4 aromatic rings. The van der Waals surface area contributed by atoms with Crippen molar-refractivity contribution in [3.63, 3.8) is 0 Å². The van der Waals surface area contributed by atoms with Gasteiger partial charge in [0.25, 0.3) is 5.91 Å². The zero-order chi connectivity index (χ0) is 40.7. The van der Waals surface area contributed by atoms with E-state index in [1.807, 2.05) is 49.4 Å². The summed E-state index contributed by atoms with van der Waals surface area (Å²) < 4.78 is 38.0. The van der Waals surface area contributed by atoms with Crippen molar-refractivity contribution in [1.82, 2.24) is 10.6 Å². The summed E-state index contributed by atoms with van der Waals surface area (Å²) in [5.41, 5.74) is 6.03. The van der Waals surface area contributed by atoms with E-state index in [2.05, 4.69) is 21.9 Å². The number of nitrogens with zero attached hydrogens (tertiary/aromatic N) is 2. The Balaban J connectivity index is 1.18. The van der Waals surface area contributed by atoms with Crippen LogP contribution in [0.25, 0.3) is 11.1 Å². The van der Waals surface area contributed by atoms with Crippen molar-refractivity contribution in [2.24, 2.45) is 5.16 Å². The fraction of sp³-hybridized carbons (Fsp3) is 0.341. The van der Waals surface area contributed by atoms with Crippen molar-refractivity contribution >= 4 is 23.7 Å². The van der Waals surface area contributed by atoms with Crippen LogP contribution in [0.2, 0.25) is 5.02 Å². The normalized spacial score (nSPS) is 14.3. The third kappa shape index (κ3) is 12.0. The molecule has 16 heteroatoms. The molecule has 1 amide bonds. The van der Waals surface area contributed by atoms with Crippen LogP contribution < -0.4 is 29.6 Å². The number of hydrogen-bond donors (Lipinski definition) is 6. The molecule has 14 nitrogen and oxygen atoms in total. The molecule has 0 saturated heterocycles. The molecule has 1 heterocycles. The first kappa shape index (κ1) is 42.7. The SMILES string of the molecule is Cc1c(COc2cc(OCc3cccc(C#N)c3)c(CNCCNC(=O)CO/N=C/[C@H](F)[C@@H](O)[C@H](O)[C@H](O)CO)cc2Cl)cccc1-c1ccc2c(c1)OCCO2. The van der Waals surface area contributed by atoms with Gasteiger partial charge in [-0.3, -0.25) is 4.79 Å². The molecule has 0 saturated carbocycles. The first-order valence-electron chi connectivity index (χ1n) is 18.1. The molecule has 302 valence electrons. The first-order valence-corrected chi connectivity index (χ1v) is 18.4. The van der Waals surface area contributed by atoms with Crippen LogP contribution in [0.4, 0.5) is 4.39 Å². The van der Waals surface area contributed by atoms with Gasteiger partial charge in [0.15, 0.2) is 24.3 Å². The van der Waals surface area contributed by atoms with E-state index in [1.165, 1.54) is 0 Å². The van der Waals surface area contributed by atoms with Crippen LogP contribution in [0, 0.1) is 18.3 Å². The van der Waals surface area contributed by atoms with Crippen LogP contribution in [-0.4, -0.2) is 96.5 Å². The Morgan fingerprint density at radius 1 is 0.965 bits per heavy atom. The Hall–Kier alpha value is -5.47. The van der Waals surface area contributed by atoms with Gasteiger partial charge in [0.2, 0.25) is 0 Å². The number of rotatable bonds is 20. The highest BCUT2D eigenvalue weighted by molar-refractivity contribution is 6.32. The summed E-state index contributed by atoms with van der Waals surface area (Å²) >= 11 is 6.75. The standard InChI is InChI=1S/C41H44ClFN4O10/c1-25-29(6-3-7-31(25)28-8-9-35-38(16-28)54-13-12-53-35)23-56-37-17-36(55-22-27-5-2-4-26(14-27)18-44)30(15-32(37)42)19-45-10-11-46-39(50)24-57-47-20-33(43)40(51)41(52)34(49)21-48/h2-9,14-17,20,33-34,40-41,45,48-49,51-52H,10-13,19,21-24H2,1H3,(H,46,50)/b47-20+/t33-,34+,40+,41+/m0/s1. The van der Waals surface area contributed by atoms with Gasteiger partial charge in [0.1, 0.15) is 56.2 Å². The zero-order valence-corrected chi connectivity index (χ0v) is 31.8. The summed E-state index contributed by atoms with van der Waals surface area (Å²) in [5.74, 6) is 1.78. The number of nitrogens with one attached hydrogen (secondary N) is 2. The molecular formula is C41H44ClFN4O10. The number of aliphatic hydroxyl groups excluding tert-OH is 4. The van der Waals surface area contributed by atoms with Crippen molar-refractivity contribution in [2.75, 3.05) is 39.5 Å². The number of carbonyl (C=O) groups is 1. The summed E-state index contributed by atoms with van der Waals surface area (Å²) in [7, 11) is 0. The number of halogens is 2. The maximum absolute atomic E-state index is 14.0. The summed E-state index contributed by atoms with van der Waals surface area (Å²) in [5, 5.41) is 56.2. The minimum atomic E-state index is -2.22. The Morgan fingerprint density at radius 3 is 2.53 bits per heavy atom. The Bertz CT molecular complexity index is 2050. The van der Waals surface area contributed by atoms with Gasteiger partial charge in [0.05, 0.1) is 29.5 Å². The third-order valence-electron chi connectivity index (χ3n) is 8.92. The van der Waals surface area contributed by atoms with Gasteiger partial charge in [-0.15, -0.1) is 0 Å². The summed E-state index contributed by atoms with van der Waals surface area (Å²) in [6.45, 7) is 2.85. The second-order valence-electron chi connectivity index (χ2n) is 13.0. The van der Waals surface area contributed by atoms with Crippen molar-refractivity contribution in [2.45, 2.75) is 51.2 Å². The number of amides is 1. The number of nitriles is 1. The lowest BCUT2D eigenvalue weighted by Gasteiger charge is -2.22. The van der Waals surface area contributed by atoms with Gasteiger partial charge < -0.3 is 54.8 Å². The van der Waals surface area contributed by atoms with Crippen molar-refractivity contribution in [1.29, 1.82) is 5.26 Å². The maximum atomic E-state index is 14.0. The van der Waals surface area contributed by atoms with Crippen LogP contribution in [0.15, 0.2) is 78.0 Å². The van der Waals surface area contributed by atoms with E-state index < -0.39 is 43.6 Å². The highest BCUT2D eigenvalue weighted by Crippen LogP contribution is 2.37. The van der Waals surface area contributed by atoms with Gasteiger partial charge in [-0.1, -0.05) is 53.2 Å². The van der Waals surface area contributed by atoms with Crippen LogP contribution in [-0.2, 0) is 29.4 Å². The molecule has 5 rings (SSSR count). The molecule has 57 heavy (non-hydrogen) atoms. The lowest BCUT2D eigenvalue weighted by Crippen LogP contribution is -2.44. The number of fused-ring (bicyclic) bond motifs is 1. The van der Waals surface area contributed by atoms with Crippen molar-refractivity contribution < 1.29 is 53.4 Å². The van der Waals surface area contributed by atoms with Gasteiger partial charge in [-0.2, -0.15) is 5.26 Å². The van der Waals surface area contributed by atoms with Crippen LogP contribution in [0.3, 0.4) is 0 Å². The average Bonchev–Trinajstić information content (AvgIpc) is 3.23.